The fourth-order valence-electron chi connectivity index (χ4n) is 5.01. The third-order valence-corrected chi connectivity index (χ3v) is 6.67. The summed E-state index contributed by atoms with van der Waals surface area (Å²) in [6.45, 7) is 4.34. The van der Waals surface area contributed by atoms with Crippen LogP contribution in [-0.4, -0.2) is 11.7 Å². The molecule has 5 rings (SSSR count). The van der Waals surface area contributed by atoms with Crippen LogP contribution < -0.4 is 4.90 Å². The number of rotatable bonds is 3. The number of Topliss-reactive ketones (excluding diaryl/α,β-unsaturated/α-hetero) is 1. The monoisotopic (exact) mass is 409 g/mol. The van der Waals surface area contributed by atoms with Crippen LogP contribution in [-0.2, 0) is 9.59 Å². The van der Waals surface area contributed by atoms with Gasteiger partial charge in [0.25, 0.3) is 0 Å². The molecule has 0 spiro atoms. The van der Waals surface area contributed by atoms with E-state index in [0.717, 1.165) is 46.1 Å². The highest BCUT2D eigenvalue weighted by atomic mass is 16.2. The van der Waals surface area contributed by atoms with Crippen LogP contribution in [0.3, 0.4) is 0 Å². The molecule has 2 aliphatic rings. The van der Waals surface area contributed by atoms with E-state index in [0.29, 0.717) is 18.8 Å². The molecule has 31 heavy (non-hydrogen) atoms. The van der Waals surface area contributed by atoms with Gasteiger partial charge in [-0.3, -0.25) is 14.5 Å². The Labute approximate surface area is 183 Å². The second-order valence-corrected chi connectivity index (χ2v) is 8.98. The van der Waals surface area contributed by atoms with Crippen molar-refractivity contribution in [2.24, 2.45) is 0 Å². The summed E-state index contributed by atoms with van der Waals surface area (Å²) in [5, 5.41) is 2.25. The number of nitrogens with zero attached hydrogens (tertiary/aromatic N) is 1. The molecule has 1 amide bonds. The maximum Gasteiger partial charge on any atom is 0.232 e. The van der Waals surface area contributed by atoms with Gasteiger partial charge in [-0.15, -0.1) is 0 Å². The minimum atomic E-state index is -0.145. The molecule has 0 fully saturated rings. The smallest absolute Gasteiger partial charge is 0.232 e. The topological polar surface area (TPSA) is 37.4 Å². The van der Waals surface area contributed by atoms with Crippen LogP contribution in [0.4, 0.5) is 5.69 Å². The second-order valence-electron chi connectivity index (χ2n) is 8.98. The van der Waals surface area contributed by atoms with Crippen molar-refractivity contribution < 1.29 is 9.59 Å². The average molecular weight is 410 g/mol. The van der Waals surface area contributed by atoms with Crippen molar-refractivity contribution >= 4 is 28.2 Å². The number of carbonyl (C=O) groups is 2. The summed E-state index contributed by atoms with van der Waals surface area (Å²) in [6, 6.07) is 22.8. The van der Waals surface area contributed by atoms with Crippen molar-refractivity contribution in [3.05, 3.63) is 89.1 Å². The zero-order valence-corrected chi connectivity index (χ0v) is 18.1. The number of fused-ring (bicyclic) bond motifs is 1. The van der Waals surface area contributed by atoms with E-state index in [1.807, 2.05) is 23.1 Å². The van der Waals surface area contributed by atoms with Crippen LogP contribution >= 0.6 is 0 Å². The molecular weight excluding hydrogens is 382 g/mol. The van der Waals surface area contributed by atoms with Crippen LogP contribution in [0.1, 0.15) is 62.5 Å². The first-order valence-electron chi connectivity index (χ1n) is 11.2. The number of benzene rings is 3. The predicted octanol–water partition coefficient (Wildman–Crippen LogP) is 6.49. The van der Waals surface area contributed by atoms with E-state index in [4.69, 9.17) is 0 Å². The Hall–Kier alpha value is -3.20. The third-order valence-electron chi connectivity index (χ3n) is 6.67. The first-order valence-corrected chi connectivity index (χ1v) is 11.2. The Morgan fingerprint density at radius 1 is 0.871 bits per heavy atom. The SMILES string of the molecule is CC(C)c1ccc(C2CC(=O)N(c3ccc4ccccc4c3)C3=C2C(=O)CCC3)cc1. The van der Waals surface area contributed by atoms with Crippen molar-refractivity contribution in [2.45, 2.75) is 51.4 Å². The van der Waals surface area contributed by atoms with Crippen molar-refractivity contribution in [3.63, 3.8) is 0 Å². The minimum absolute atomic E-state index is 0.0710. The number of carbonyl (C=O) groups excluding carboxylic acids is 2. The van der Waals surface area contributed by atoms with Crippen LogP contribution in [0.2, 0.25) is 0 Å². The Bertz CT molecular complexity index is 1200. The fourth-order valence-corrected chi connectivity index (χ4v) is 5.01. The van der Waals surface area contributed by atoms with Gasteiger partial charge in [0.2, 0.25) is 5.91 Å². The lowest BCUT2D eigenvalue weighted by atomic mass is 9.77. The van der Waals surface area contributed by atoms with Gasteiger partial charge >= 0.3 is 0 Å². The minimum Gasteiger partial charge on any atom is -0.294 e. The van der Waals surface area contributed by atoms with Crippen molar-refractivity contribution in [3.8, 4) is 0 Å². The number of ketones is 1. The summed E-state index contributed by atoms with van der Waals surface area (Å²) >= 11 is 0. The van der Waals surface area contributed by atoms with Gasteiger partial charge in [-0.25, -0.2) is 0 Å². The molecule has 3 aromatic carbocycles. The molecule has 0 aromatic heterocycles. The lowest BCUT2D eigenvalue weighted by Gasteiger charge is -2.38. The predicted molar refractivity (Wildman–Crippen MR) is 125 cm³/mol. The molecular formula is C28H27NO2. The van der Waals surface area contributed by atoms with Crippen molar-refractivity contribution in [2.75, 3.05) is 4.90 Å². The first kappa shape index (κ1) is 19.7. The van der Waals surface area contributed by atoms with E-state index < -0.39 is 0 Å². The second kappa shape index (κ2) is 7.81. The first-order chi connectivity index (χ1) is 15.0. The lowest BCUT2D eigenvalue weighted by Crippen LogP contribution is -2.40. The van der Waals surface area contributed by atoms with Gasteiger partial charge in [-0.1, -0.05) is 68.4 Å². The molecule has 0 radical (unpaired) electrons. The van der Waals surface area contributed by atoms with Gasteiger partial charge in [0, 0.05) is 35.7 Å². The summed E-state index contributed by atoms with van der Waals surface area (Å²) in [5.74, 6) is 0.573. The maximum absolute atomic E-state index is 13.4. The van der Waals surface area contributed by atoms with Gasteiger partial charge in [-0.05, 0) is 52.8 Å². The van der Waals surface area contributed by atoms with Gasteiger partial charge < -0.3 is 0 Å². The van der Waals surface area contributed by atoms with E-state index in [1.54, 1.807) is 0 Å². The highest BCUT2D eigenvalue weighted by molar-refractivity contribution is 6.08. The zero-order valence-electron chi connectivity index (χ0n) is 18.1. The maximum atomic E-state index is 13.4. The fraction of sp³-hybridized carbons (Fsp3) is 0.286. The molecule has 0 bridgehead atoms. The quantitative estimate of drug-likeness (QED) is 0.496. The Kier molecular flexibility index (Phi) is 4.97. The molecule has 3 heteroatoms. The summed E-state index contributed by atoms with van der Waals surface area (Å²) < 4.78 is 0. The Morgan fingerprint density at radius 2 is 1.61 bits per heavy atom. The summed E-state index contributed by atoms with van der Waals surface area (Å²) in [6.07, 6.45) is 2.46. The number of anilines is 1. The Balaban J connectivity index is 1.61. The van der Waals surface area contributed by atoms with Gasteiger partial charge in [0.15, 0.2) is 5.78 Å². The van der Waals surface area contributed by atoms with E-state index >= 15 is 0 Å². The van der Waals surface area contributed by atoms with E-state index in [9.17, 15) is 9.59 Å². The molecule has 0 N–H and O–H groups in total. The molecule has 1 heterocycles. The van der Waals surface area contributed by atoms with Crippen molar-refractivity contribution in [1.82, 2.24) is 0 Å². The molecule has 0 saturated carbocycles. The van der Waals surface area contributed by atoms with Crippen LogP contribution in [0, 0.1) is 0 Å². The normalized spacial score (nSPS) is 19.3. The molecule has 156 valence electrons. The number of hydrogen-bond acceptors (Lipinski definition) is 2. The Morgan fingerprint density at radius 3 is 2.35 bits per heavy atom. The number of amides is 1. The van der Waals surface area contributed by atoms with Crippen LogP contribution in [0.15, 0.2) is 78.0 Å². The van der Waals surface area contributed by atoms with E-state index in [2.05, 4.69) is 62.4 Å². The summed E-state index contributed by atoms with van der Waals surface area (Å²) in [5.41, 5.74) is 4.95. The molecule has 3 aromatic rings. The lowest BCUT2D eigenvalue weighted by molar-refractivity contribution is -0.119. The molecule has 1 atom stereocenters. The number of hydrogen-bond donors (Lipinski definition) is 0. The molecule has 1 aliphatic heterocycles. The molecule has 0 saturated heterocycles. The highest BCUT2D eigenvalue weighted by Gasteiger charge is 2.39. The summed E-state index contributed by atoms with van der Waals surface area (Å²) in [4.78, 5) is 28.3. The van der Waals surface area contributed by atoms with Crippen LogP contribution in [0.5, 0.6) is 0 Å². The van der Waals surface area contributed by atoms with Gasteiger partial charge in [0.1, 0.15) is 0 Å². The molecule has 1 aliphatic carbocycles. The molecule has 3 nitrogen and oxygen atoms in total. The van der Waals surface area contributed by atoms with Crippen molar-refractivity contribution in [1.29, 1.82) is 0 Å². The molecule has 1 unspecified atom stereocenters. The average Bonchev–Trinajstić information content (AvgIpc) is 2.78. The highest BCUT2D eigenvalue weighted by Crippen LogP contribution is 2.43. The van der Waals surface area contributed by atoms with Gasteiger partial charge in [0.05, 0.1) is 0 Å². The van der Waals surface area contributed by atoms with E-state index in [-0.39, 0.29) is 17.6 Å². The third kappa shape index (κ3) is 3.48. The largest absolute Gasteiger partial charge is 0.294 e. The number of allylic oxidation sites excluding steroid dienone is 2. The van der Waals surface area contributed by atoms with E-state index in [1.165, 1.54) is 5.56 Å². The van der Waals surface area contributed by atoms with Crippen LogP contribution in [0.25, 0.3) is 10.8 Å². The standard InChI is InChI=1S/C28H27NO2/c1-18(2)19-10-12-21(13-11-19)24-17-27(31)29(25-8-5-9-26(30)28(24)25)23-15-14-20-6-3-4-7-22(20)16-23/h3-4,6-7,10-16,18,24H,5,8-9,17H2,1-2H3. The van der Waals surface area contributed by atoms with Gasteiger partial charge in [-0.2, -0.15) is 0 Å². The zero-order chi connectivity index (χ0) is 21.5. The summed E-state index contributed by atoms with van der Waals surface area (Å²) in [7, 11) is 0.